The first-order valence-corrected chi connectivity index (χ1v) is 8.03. The molecule has 2 heteroatoms. The van der Waals surface area contributed by atoms with E-state index in [1.807, 2.05) is 0 Å². The lowest BCUT2D eigenvalue weighted by Gasteiger charge is -2.39. The van der Waals surface area contributed by atoms with Crippen LogP contribution in [0.25, 0.3) is 0 Å². The van der Waals surface area contributed by atoms with Gasteiger partial charge in [0.1, 0.15) is 0 Å². The number of nitrogens with zero attached hydrogens (tertiary/aromatic N) is 1. The SMILES string of the molecule is CCN(CC)P(Cc1ccccc1)C(C)(C)C. The molecule has 1 rings (SSSR count). The van der Waals surface area contributed by atoms with E-state index in [9.17, 15) is 0 Å². The third-order valence-corrected chi connectivity index (χ3v) is 6.48. The summed E-state index contributed by atoms with van der Waals surface area (Å²) in [5.74, 6) is 0. The fourth-order valence-corrected chi connectivity index (χ4v) is 4.85. The fourth-order valence-electron chi connectivity index (χ4n) is 2.08. The van der Waals surface area contributed by atoms with Gasteiger partial charge in [0, 0.05) is 6.16 Å². The average molecular weight is 251 g/mol. The lowest BCUT2D eigenvalue weighted by Crippen LogP contribution is -2.27. The summed E-state index contributed by atoms with van der Waals surface area (Å²) in [6.07, 6.45) is 1.21. The van der Waals surface area contributed by atoms with Crippen LogP contribution in [0.2, 0.25) is 0 Å². The van der Waals surface area contributed by atoms with E-state index in [1.54, 1.807) is 0 Å². The molecule has 0 spiro atoms. The van der Waals surface area contributed by atoms with Crippen molar-refractivity contribution in [3.63, 3.8) is 0 Å². The highest BCUT2D eigenvalue weighted by Crippen LogP contribution is 2.54. The minimum atomic E-state index is -0.108. The van der Waals surface area contributed by atoms with Crippen LogP contribution in [-0.2, 0) is 6.16 Å². The highest BCUT2D eigenvalue weighted by atomic mass is 31.1. The molecule has 17 heavy (non-hydrogen) atoms. The first-order chi connectivity index (χ1) is 7.99. The molecule has 1 aromatic rings. The lowest BCUT2D eigenvalue weighted by atomic mass is 10.2. The van der Waals surface area contributed by atoms with Gasteiger partial charge in [-0.05, 0) is 31.9 Å². The van der Waals surface area contributed by atoms with Crippen molar-refractivity contribution in [2.45, 2.75) is 45.9 Å². The Morgan fingerprint density at radius 2 is 1.53 bits per heavy atom. The van der Waals surface area contributed by atoms with Gasteiger partial charge in [0.15, 0.2) is 0 Å². The van der Waals surface area contributed by atoms with Crippen LogP contribution in [0.1, 0.15) is 40.2 Å². The Bertz CT molecular complexity index is 311. The molecule has 0 saturated heterocycles. The molecule has 1 nitrogen and oxygen atoms in total. The fraction of sp³-hybridized carbons (Fsp3) is 0.600. The predicted octanol–water partition coefficient (Wildman–Crippen LogP) is 4.72. The zero-order chi connectivity index (χ0) is 12.9. The van der Waals surface area contributed by atoms with Crippen molar-refractivity contribution in [2.75, 3.05) is 13.1 Å². The van der Waals surface area contributed by atoms with Gasteiger partial charge in [0.2, 0.25) is 0 Å². The summed E-state index contributed by atoms with van der Waals surface area (Å²) in [5, 5.41) is 0.386. The topological polar surface area (TPSA) is 3.24 Å². The van der Waals surface area contributed by atoms with Gasteiger partial charge in [-0.1, -0.05) is 65.0 Å². The Kier molecular flexibility index (Phi) is 5.62. The van der Waals surface area contributed by atoms with E-state index in [0.717, 1.165) is 13.1 Å². The molecule has 0 aliphatic heterocycles. The summed E-state index contributed by atoms with van der Waals surface area (Å²) in [5.41, 5.74) is 1.47. The average Bonchev–Trinajstić information content (AvgIpc) is 2.29. The van der Waals surface area contributed by atoms with Crippen molar-refractivity contribution in [3.05, 3.63) is 35.9 Å². The van der Waals surface area contributed by atoms with Gasteiger partial charge in [-0.3, -0.25) is 4.67 Å². The van der Waals surface area contributed by atoms with E-state index >= 15 is 0 Å². The Balaban J connectivity index is 2.85. The Hall–Kier alpha value is -0.390. The molecule has 0 saturated carbocycles. The standard InChI is InChI=1S/C15H26NP/c1-6-16(7-2)17(15(3,4)5)13-14-11-9-8-10-12-14/h8-12H,6-7,13H2,1-5H3. The monoisotopic (exact) mass is 251 g/mol. The highest BCUT2D eigenvalue weighted by molar-refractivity contribution is 7.56. The molecule has 0 radical (unpaired) electrons. The van der Waals surface area contributed by atoms with Crippen LogP contribution < -0.4 is 0 Å². The van der Waals surface area contributed by atoms with E-state index in [0.29, 0.717) is 5.16 Å². The zero-order valence-electron chi connectivity index (χ0n) is 11.9. The first-order valence-electron chi connectivity index (χ1n) is 6.55. The van der Waals surface area contributed by atoms with Crippen molar-refractivity contribution in [3.8, 4) is 0 Å². The van der Waals surface area contributed by atoms with Gasteiger partial charge in [0.25, 0.3) is 0 Å². The largest absolute Gasteiger partial charge is 0.282 e. The normalized spacial score (nSPS) is 14.0. The second-order valence-corrected chi connectivity index (χ2v) is 8.38. The van der Waals surface area contributed by atoms with Crippen LogP contribution in [0.3, 0.4) is 0 Å². The summed E-state index contributed by atoms with van der Waals surface area (Å²) in [6.45, 7) is 14.0. The molecule has 0 bridgehead atoms. The van der Waals surface area contributed by atoms with Crippen LogP contribution in [0, 0.1) is 0 Å². The molecule has 96 valence electrons. The van der Waals surface area contributed by atoms with E-state index in [4.69, 9.17) is 0 Å². The molecule has 0 amide bonds. The Labute approximate surface area is 108 Å². The number of hydrogen-bond donors (Lipinski definition) is 0. The van der Waals surface area contributed by atoms with Crippen molar-refractivity contribution in [2.24, 2.45) is 0 Å². The molecular formula is C15H26NP. The predicted molar refractivity (Wildman–Crippen MR) is 79.7 cm³/mol. The summed E-state index contributed by atoms with van der Waals surface area (Å²) >= 11 is 0. The maximum Gasteiger partial charge on any atom is 0.00647 e. The smallest absolute Gasteiger partial charge is 0.00647 e. The quantitative estimate of drug-likeness (QED) is 0.684. The van der Waals surface area contributed by atoms with Crippen LogP contribution in [-0.4, -0.2) is 22.9 Å². The van der Waals surface area contributed by atoms with Crippen molar-refractivity contribution >= 4 is 8.07 Å². The third kappa shape index (κ3) is 4.41. The van der Waals surface area contributed by atoms with Gasteiger partial charge < -0.3 is 0 Å². The Morgan fingerprint density at radius 3 is 1.94 bits per heavy atom. The van der Waals surface area contributed by atoms with Crippen molar-refractivity contribution < 1.29 is 0 Å². The van der Waals surface area contributed by atoms with E-state index in [-0.39, 0.29) is 8.07 Å². The molecule has 0 N–H and O–H groups in total. The van der Waals surface area contributed by atoms with Crippen molar-refractivity contribution in [1.29, 1.82) is 0 Å². The third-order valence-electron chi connectivity index (χ3n) is 3.02. The Morgan fingerprint density at radius 1 is 1.00 bits per heavy atom. The minimum Gasteiger partial charge on any atom is -0.282 e. The maximum atomic E-state index is 2.64. The lowest BCUT2D eigenvalue weighted by molar-refractivity contribution is 0.487. The number of rotatable bonds is 5. The van der Waals surface area contributed by atoms with Gasteiger partial charge in [-0.25, -0.2) is 0 Å². The van der Waals surface area contributed by atoms with Crippen LogP contribution in [0.4, 0.5) is 0 Å². The van der Waals surface area contributed by atoms with Crippen molar-refractivity contribution in [1.82, 2.24) is 4.67 Å². The molecule has 1 unspecified atom stereocenters. The molecule has 0 aromatic heterocycles. The highest BCUT2D eigenvalue weighted by Gasteiger charge is 2.28. The molecular weight excluding hydrogens is 225 g/mol. The summed E-state index contributed by atoms with van der Waals surface area (Å²) in [7, 11) is -0.108. The molecule has 0 fully saturated rings. The molecule has 0 aliphatic carbocycles. The van der Waals surface area contributed by atoms with E-state index in [1.165, 1.54) is 11.7 Å². The molecule has 0 aliphatic rings. The maximum absolute atomic E-state index is 2.64. The summed E-state index contributed by atoms with van der Waals surface area (Å²) < 4.78 is 2.64. The second-order valence-electron chi connectivity index (χ2n) is 5.35. The van der Waals surface area contributed by atoms with Crippen LogP contribution in [0.15, 0.2) is 30.3 Å². The number of benzene rings is 1. The molecule has 0 heterocycles. The number of hydrogen-bond acceptors (Lipinski definition) is 1. The van der Waals surface area contributed by atoms with Gasteiger partial charge in [0.05, 0.1) is 0 Å². The van der Waals surface area contributed by atoms with E-state index < -0.39 is 0 Å². The van der Waals surface area contributed by atoms with Crippen LogP contribution in [0.5, 0.6) is 0 Å². The second kappa shape index (κ2) is 6.52. The van der Waals surface area contributed by atoms with Crippen LogP contribution >= 0.6 is 8.07 Å². The molecule has 1 atom stereocenters. The first kappa shape index (κ1) is 14.7. The van der Waals surface area contributed by atoms with E-state index in [2.05, 4.69) is 69.6 Å². The summed E-state index contributed by atoms with van der Waals surface area (Å²) in [6, 6.07) is 10.9. The minimum absolute atomic E-state index is 0.108. The summed E-state index contributed by atoms with van der Waals surface area (Å²) in [4.78, 5) is 0. The zero-order valence-corrected chi connectivity index (χ0v) is 12.8. The van der Waals surface area contributed by atoms with Gasteiger partial charge in [-0.15, -0.1) is 0 Å². The van der Waals surface area contributed by atoms with Gasteiger partial charge in [-0.2, -0.15) is 0 Å². The van der Waals surface area contributed by atoms with Gasteiger partial charge >= 0.3 is 0 Å². The molecule has 1 aromatic carbocycles.